The number of sulfonamides is 1. The summed E-state index contributed by atoms with van der Waals surface area (Å²) in [6.07, 6.45) is 5.25. The standard InChI is InChI=1S/C13H17N3O2S/c1-2-6-15-7-9-16(10-8-15)19(17,18)13-5-3-4-12(14)11-13/h1,3-5,11H,6-10,14H2. The Bertz CT molecular complexity index is 584. The van der Waals surface area contributed by atoms with Gasteiger partial charge in [-0.3, -0.25) is 4.90 Å². The zero-order valence-corrected chi connectivity index (χ0v) is 11.4. The van der Waals surface area contributed by atoms with Gasteiger partial charge in [-0.2, -0.15) is 4.31 Å². The molecular formula is C13H17N3O2S. The number of hydrogen-bond donors (Lipinski definition) is 1. The second-order valence-corrected chi connectivity index (χ2v) is 6.39. The number of benzene rings is 1. The highest BCUT2D eigenvalue weighted by Crippen LogP contribution is 2.19. The van der Waals surface area contributed by atoms with E-state index in [9.17, 15) is 8.42 Å². The number of rotatable bonds is 3. The van der Waals surface area contributed by atoms with Crippen LogP contribution in [0.1, 0.15) is 0 Å². The average molecular weight is 279 g/mol. The van der Waals surface area contributed by atoms with E-state index >= 15 is 0 Å². The van der Waals surface area contributed by atoms with Crippen molar-refractivity contribution < 1.29 is 8.42 Å². The number of terminal acetylenes is 1. The van der Waals surface area contributed by atoms with Crippen LogP contribution in [-0.4, -0.2) is 50.3 Å². The molecule has 2 rings (SSSR count). The van der Waals surface area contributed by atoms with Gasteiger partial charge < -0.3 is 5.73 Å². The molecule has 102 valence electrons. The predicted molar refractivity (Wildman–Crippen MR) is 74.9 cm³/mol. The Morgan fingerprint density at radius 1 is 1.26 bits per heavy atom. The number of nitrogens with two attached hydrogens (primary N) is 1. The maximum atomic E-state index is 12.4. The third kappa shape index (κ3) is 3.07. The van der Waals surface area contributed by atoms with E-state index in [2.05, 4.69) is 10.8 Å². The fourth-order valence-electron chi connectivity index (χ4n) is 2.08. The lowest BCUT2D eigenvalue weighted by molar-refractivity contribution is 0.207. The molecule has 0 radical (unpaired) electrons. The van der Waals surface area contributed by atoms with Crippen molar-refractivity contribution in [1.82, 2.24) is 9.21 Å². The molecule has 0 aliphatic carbocycles. The molecule has 1 aromatic rings. The summed E-state index contributed by atoms with van der Waals surface area (Å²) >= 11 is 0. The summed E-state index contributed by atoms with van der Waals surface area (Å²) in [6.45, 7) is 2.79. The molecule has 0 atom stereocenters. The quantitative estimate of drug-likeness (QED) is 0.634. The van der Waals surface area contributed by atoms with Gasteiger partial charge in [-0.1, -0.05) is 12.0 Å². The lowest BCUT2D eigenvalue weighted by Gasteiger charge is -2.32. The molecule has 0 saturated carbocycles. The van der Waals surface area contributed by atoms with Crippen LogP contribution in [0.2, 0.25) is 0 Å². The van der Waals surface area contributed by atoms with Crippen molar-refractivity contribution in [2.45, 2.75) is 4.90 Å². The zero-order valence-electron chi connectivity index (χ0n) is 10.6. The van der Waals surface area contributed by atoms with E-state index in [0.29, 0.717) is 38.4 Å². The molecule has 19 heavy (non-hydrogen) atoms. The van der Waals surface area contributed by atoms with Gasteiger partial charge in [-0.15, -0.1) is 6.42 Å². The summed E-state index contributed by atoms with van der Waals surface area (Å²) in [4.78, 5) is 2.31. The Kier molecular flexibility index (Phi) is 4.10. The number of nitrogens with zero attached hydrogens (tertiary/aromatic N) is 2. The topological polar surface area (TPSA) is 66.6 Å². The first-order chi connectivity index (χ1) is 9.04. The van der Waals surface area contributed by atoms with Crippen molar-refractivity contribution in [1.29, 1.82) is 0 Å². The van der Waals surface area contributed by atoms with E-state index < -0.39 is 10.0 Å². The second-order valence-electron chi connectivity index (χ2n) is 4.46. The summed E-state index contributed by atoms with van der Waals surface area (Å²) in [6, 6.07) is 6.38. The summed E-state index contributed by atoms with van der Waals surface area (Å²) in [7, 11) is -3.45. The lowest BCUT2D eigenvalue weighted by atomic mass is 10.3. The predicted octanol–water partition coefficient (Wildman–Crippen LogP) is 0.208. The SMILES string of the molecule is C#CCN1CCN(S(=O)(=O)c2cccc(N)c2)CC1. The first kappa shape index (κ1) is 13.9. The van der Waals surface area contributed by atoms with Gasteiger partial charge in [0.25, 0.3) is 0 Å². The zero-order chi connectivity index (χ0) is 13.9. The van der Waals surface area contributed by atoms with E-state index in [1.54, 1.807) is 18.2 Å². The molecule has 1 aliphatic rings. The summed E-state index contributed by atoms with van der Waals surface area (Å²) in [5.41, 5.74) is 6.08. The van der Waals surface area contributed by atoms with Gasteiger partial charge in [0.2, 0.25) is 10.0 Å². The van der Waals surface area contributed by atoms with Crippen molar-refractivity contribution >= 4 is 15.7 Å². The fourth-order valence-corrected chi connectivity index (χ4v) is 3.56. The minimum Gasteiger partial charge on any atom is -0.399 e. The molecular weight excluding hydrogens is 262 g/mol. The number of hydrogen-bond acceptors (Lipinski definition) is 4. The van der Waals surface area contributed by atoms with Crippen LogP contribution in [0.15, 0.2) is 29.2 Å². The minimum absolute atomic E-state index is 0.248. The molecule has 1 fully saturated rings. The fraction of sp³-hybridized carbons (Fsp3) is 0.385. The molecule has 0 unspecified atom stereocenters. The Labute approximate surface area is 114 Å². The molecule has 5 nitrogen and oxygen atoms in total. The highest BCUT2D eigenvalue weighted by molar-refractivity contribution is 7.89. The van der Waals surface area contributed by atoms with E-state index in [-0.39, 0.29) is 4.90 Å². The van der Waals surface area contributed by atoms with E-state index in [1.807, 2.05) is 0 Å². The molecule has 0 aromatic heterocycles. The molecule has 1 aromatic carbocycles. The van der Waals surface area contributed by atoms with Crippen LogP contribution in [0.4, 0.5) is 5.69 Å². The van der Waals surface area contributed by atoms with Gasteiger partial charge in [-0.25, -0.2) is 8.42 Å². The van der Waals surface area contributed by atoms with Crippen LogP contribution in [0.25, 0.3) is 0 Å². The summed E-state index contributed by atoms with van der Waals surface area (Å²) in [5.74, 6) is 2.57. The maximum absolute atomic E-state index is 12.4. The largest absolute Gasteiger partial charge is 0.399 e. The Hall–Kier alpha value is -1.55. The summed E-state index contributed by atoms with van der Waals surface area (Å²) < 4.78 is 26.3. The van der Waals surface area contributed by atoms with E-state index in [4.69, 9.17) is 12.2 Å². The van der Waals surface area contributed by atoms with Gasteiger partial charge in [0.05, 0.1) is 11.4 Å². The van der Waals surface area contributed by atoms with Gasteiger partial charge >= 0.3 is 0 Å². The molecule has 0 amide bonds. The van der Waals surface area contributed by atoms with Crippen molar-refractivity contribution in [2.75, 3.05) is 38.5 Å². The van der Waals surface area contributed by atoms with Gasteiger partial charge in [0, 0.05) is 31.9 Å². The van der Waals surface area contributed by atoms with Crippen molar-refractivity contribution in [3.05, 3.63) is 24.3 Å². The molecule has 0 spiro atoms. The molecule has 2 N–H and O–H groups in total. The van der Waals surface area contributed by atoms with Crippen LogP contribution < -0.4 is 5.73 Å². The molecule has 6 heteroatoms. The van der Waals surface area contributed by atoms with Crippen LogP contribution >= 0.6 is 0 Å². The third-order valence-corrected chi connectivity index (χ3v) is 5.04. The second kappa shape index (κ2) is 5.61. The molecule has 1 aliphatic heterocycles. The molecule has 0 bridgehead atoms. The van der Waals surface area contributed by atoms with E-state index in [1.165, 1.54) is 10.4 Å². The highest BCUT2D eigenvalue weighted by atomic mass is 32.2. The van der Waals surface area contributed by atoms with Crippen molar-refractivity contribution in [2.24, 2.45) is 0 Å². The van der Waals surface area contributed by atoms with Crippen molar-refractivity contribution in [3.8, 4) is 12.3 Å². The van der Waals surface area contributed by atoms with Gasteiger partial charge in [0.1, 0.15) is 0 Å². The van der Waals surface area contributed by atoms with Crippen LogP contribution in [0.5, 0.6) is 0 Å². The average Bonchev–Trinajstić information content (AvgIpc) is 2.40. The Morgan fingerprint density at radius 3 is 2.53 bits per heavy atom. The molecule has 1 saturated heterocycles. The van der Waals surface area contributed by atoms with Crippen LogP contribution in [-0.2, 0) is 10.0 Å². The normalized spacial score (nSPS) is 18.1. The van der Waals surface area contributed by atoms with Crippen LogP contribution in [0.3, 0.4) is 0 Å². The molecule has 1 heterocycles. The Balaban J connectivity index is 2.12. The Morgan fingerprint density at radius 2 is 1.95 bits per heavy atom. The van der Waals surface area contributed by atoms with Gasteiger partial charge in [-0.05, 0) is 18.2 Å². The maximum Gasteiger partial charge on any atom is 0.243 e. The first-order valence-electron chi connectivity index (χ1n) is 6.05. The summed E-state index contributed by atoms with van der Waals surface area (Å²) in [5, 5.41) is 0. The van der Waals surface area contributed by atoms with Gasteiger partial charge in [0.15, 0.2) is 0 Å². The van der Waals surface area contributed by atoms with Crippen LogP contribution in [0, 0.1) is 12.3 Å². The monoisotopic (exact) mass is 279 g/mol. The number of nitrogen functional groups attached to an aromatic ring is 1. The smallest absolute Gasteiger partial charge is 0.243 e. The number of piperazine rings is 1. The van der Waals surface area contributed by atoms with Crippen molar-refractivity contribution in [3.63, 3.8) is 0 Å². The van der Waals surface area contributed by atoms with E-state index in [0.717, 1.165) is 0 Å². The lowest BCUT2D eigenvalue weighted by Crippen LogP contribution is -2.48. The third-order valence-electron chi connectivity index (χ3n) is 3.14. The number of anilines is 1. The first-order valence-corrected chi connectivity index (χ1v) is 7.49. The highest BCUT2D eigenvalue weighted by Gasteiger charge is 2.28. The minimum atomic E-state index is -3.45.